The second kappa shape index (κ2) is 6.44. The number of aryl methyl sites for hydroxylation is 3. The second-order valence-corrected chi connectivity index (χ2v) is 4.04. The molecular weight excluding hydrogens is 255 g/mol. The Bertz CT molecular complexity index is 492. The molecule has 2 rings (SSSR count). The van der Waals surface area contributed by atoms with E-state index in [0.717, 1.165) is 17.9 Å². The van der Waals surface area contributed by atoms with Crippen molar-refractivity contribution in [2.24, 2.45) is 7.05 Å². The summed E-state index contributed by atoms with van der Waals surface area (Å²) in [6.45, 7) is 2.58. The zero-order valence-corrected chi connectivity index (χ0v) is 11.4. The highest BCUT2D eigenvalue weighted by Crippen LogP contribution is 2.13. The Balaban J connectivity index is 0.00000162. The Hall–Kier alpha value is -1.49. The lowest BCUT2D eigenvalue weighted by molar-refractivity contribution is 0.426. The summed E-state index contributed by atoms with van der Waals surface area (Å²) < 4.78 is 15.9. The molecule has 0 radical (unpaired) electrons. The maximum Gasteiger partial charge on any atom is 0.109 e. The Labute approximate surface area is 112 Å². The maximum absolute atomic E-state index is 12.2. The van der Waals surface area contributed by atoms with Gasteiger partial charge in [-0.05, 0) is 19.1 Å². The quantitative estimate of drug-likeness (QED) is 0.908. The fourth-order valence-electron chi connectivity index (χ4n) is 1.76. The Kier molecular flexibility index (Phi) is 5.22. The third-order valence-corrected chi connectivity index (χ3v) is 2.77. The summed E-state index contributed by atoms with van der Waals surface area (Å²) in [5.74, 6) is 0. The molecule has 6 heteroatoms. The van der Waals surface area contributed by atoms with Crippen LogP contribution in [0.2, 0.25) is 0 Å². The fourth-order valence-corrected chi connectivity index (χ4v) is 1.76. The van der Waals surface area contributed by atoms with E-state index in [2.05, 4.69) is 21.0 Å². The smallest absolute Gasteiger partial charge is 0.109 e. The molecule has 0 spiro atoms. The van der Waals surface area contributed by atoms with Crippen molar-refractivity contribution >= 4 is 18.1 Å². The molecule has 0 aliphatic carbocycles. The molecule has 2 heterocycles. The minimum Gasteiger partial charge on any atom is -0.377 e. The fraction of sp³-hybridized carbons (Fsp3) is 0.417. The van der Waals surface area contributed by atoms with Gasteiger partial charge in [0.1, 0.15) is 6.67 Å². The van der Waals surface area contributed by atoms with Gasteiger partial charge in [0.25, 0.3) is 0 Å². The zero-order chi connectivity index (χ0) is 12.3. The van der Waals surface area contributed by atoms with Gasteiger partial charge in [-0.1, -0.05) is 0 Å². The second-order valence-electron chi connectivity index (χ2n) is 4.04. The number of aromatic nitrogens is 3. The maximum atomic E-state index is 12.2. The van der Waals surface area contributed by atoms with Crippen molar-refractivity contribution in [2.75, 3.05) is 12.0 Å². The van der Waals surface area contributed by atoms with E-state index >= 15 is 0 Å². The van der Waals surface area contributed by atoms with E-state index in [1.807, 2.05) is 32.4 Å². The average molecular weight is 273 g/mol. The van der Waals surface area contributed by atoms with E-state index in [9.17, 15) is 4.39 Å². The molecule has 4 nitrogen and oxygen atoms in total. The van der Waals surface area contributed by atoms with E-state index < -0.39 is 6.67 Å². The summed E-state index contributed by atoms with van der Waals surface area (Å²) in [6, 6.07) is 4.07. The summed E-state index contributed by atoms with van der Waals surface area (Å²) in [7, 11) is 2.01. The summed E-state index contributed by atoms with van der Waals surface area (Å²) in [6.07, 6.45) is 3.86. The number of halogens is 2. The van der Waals surface area contributed by atoms with E-state index in [0.29, 0.717) is 6.54 Å². The van der Waals surface area contributed by atoms with Crippen LogP contribution in [0.15, 0.2) is 24.5 Å². The van der Waals surface area contributed by atoms with Crippen LogP contribution in [0.5, 0.6) is 0 Å². The lowest BCUT2D eigenvalue weighted by Gasteiger charge is -2.05. The van der Waals surface area contributed by atoms with E-state index in [4.69, 9.17) is 0 Å². The molecular formula is C12H18ClFN4. The average Bonchev–Trinajstić information content (AvgIpc) is 2.83. The molecule has 0 aliphatic heterocycles. The third kappa shape index (κ3) is 3.26. The molecule has 2 aromatic rings. The first-order valence-corrected chi connectivity index (χ1v) is 5.65. The van der Waals surface area contributed by atoms with Gasteiger partial charge in [-0.2, -0.15) is 5.10 Å². The predicted molar refractivity (Wildman–Crippen MR) is 72.9 cm³/mol. The molecule has 0 bridgehead atoms. The highest BCUT2D eigenvalue weighted by Gasteiger charge is 2.05. The van der Waals surface area contributed by atoms with Gasteiger partial charge in [0.2, 0.25) is 0 Å². The number of rotatable bonds is 5. The van der Waals surface area contributed by atoms with Crippen LogP contribution in [0.1, 0.15) is 11.4 Å². The summed E-state index contributed by atoms with van der Waals surface area (Å²) in [5.41, 5.74) is 3.05. The number of anilines is 1. The first-order valence-electron chi connectivity index (χ1n) is 5.65. The molecule has 0 aliphatic rings. The van der Waals surface area contributed by atoms with Gasteiger partial charge in [0, 0.05) is 25.1 Å². The van der Waals surface area contributed by atoms with Gasteiger partial charge in [0.15, 0.2) is 0 Å². The van der Waals surface area contributed by atoms with Crippen LogP contribution in [-0.2, 0) is 20.1 Å². The first-order chi connectivity index (χ1) is 8.20. The molecule has 0 amide bonds. The van der Waals surface area contributed by atoms with Gasteiger partial charge in [-0.3, -0.25) is 4.68 Å². The SMILES string of the molecule is Cc1nn(CCF)cc1NCc1cccn1C.Cl. The van der Waals surface area contributed by atoms with Crippen molar-refractivity contribution in [3.8, 4) is 0 Å². The molecule has 1 N–H and O–H groups in total. The number of alkyl halides is 1. The lowest BCUT2D eigenvalue weighted by atomic mass is 10.3. The van der Waals surface area contributed by atoms with Crippen LogP contribution >= 0.6 is 12.4 Å². The van der Waals surface area contributed by atoms with Crippen molar-refractivity contribution in [2.45, 2.75) is 20.0 Å². The van der Waals surface area contributed by atoms with Crippen LogP contribution in [0.25, 0.3) is 0 Å². The molecule has 0 aromatic carbocycles. The van der Waals surface area contributed by atoms with E-state index in [1.165, 1.54) is 5.69 Å². The van der Waals surface area contributed by atoms with Crippen molar-refractivity contribution in [3.63, 3.8) is 0 Å². The topological polar surface area (TPSA) is 34.8 Å². The standard InChI is InChI=1S/C12H17FN4.ClH/c1-10-12(9-17(15-10)7-5-13)14-8-11-4-3-6-16(11)2;/h3-4,6,9,14H,5,7-8H2,1-2H3;1H. The number of hydrogen-bond donors (Lipinski definition) is 1. The Morgan fingerprint density at radius 1 is 1.44 bits per heavy atom. The minimum atomic E-state index is -0.391. The minimum absolute atomic E-state index is 0. The van der Waals surface area contributed by atoms with Crippen LogP contribution in [0, 0.1) is 6.92 Å². The summed E-state index contributed by atoms with van der Waals surface area (Å²) >= 11 is 0. The van der Waals surface area contributed by atoms with Crippen LogP contribution in [-0.4, -0.2) is 21.0 Å². The van der Waals surface area contributed by atoms with Crippen molar-refractivity contribution in [1.29, 1.82) is 0 Å². The monoisotopic (exact) mass is 272 g/mol. The summed E-state index contributed by atoms with van der Waals surface area (Å²) in [5, 5.41) is 7.54. The molecule has 0 saturated carbocycles. The van der Waals surface area contributed by atoms with Crippen LogP contribution in [0.4, 0.5) is 10.1 Å². The molecule has 18 heavy (non-hydrogen) atoms. The van der Waals surface area contributed by atoms with Gasteiger partial charge < -0.3 is 9.88 Å². The molecule has 100 valence electrons. The zero-order valence-electron chi connectivity index (χ0n) is 10.6. The van der Waals surface area contributed by atoms with Gasteiger partial charge in [0.05, 0.1) is 24.5 Å². The normalized spacial score (nSPS) is 10.2. The Morgan fingerprint density at radius 2 is 2.22 bits per heavy atom. The van der Waals surface area contributed by atoms with Crippen LogP contribution < -0.4 is 5.32 Å². The number of nitrogens with one attached hydrogen (secondary N) is 1. The Morgan fingerprint density at radius 3 is 2.83 bits per heavy atom. The molecule has 2 aromatic heterocycles. The van der Waals surface area contributed by atoms with Gasteiger partial charge in [-0.25, -0.2) is 4.39 Å². The largest absolute Gasteiger partial charge is 0.377 e. The van der Waals surface area contributed by atoms with Gasteiger partial charge >= 0.3 is 0 Å². The molecule has 0 saturated heterocycles. The van der Waals surface area contributed by atoms with Gasteiger partial charge in [-0.15, -0.1) is 12.4 Å². The molecule has 0 unspecified atom stereocenters. The summed E-state index contributed by atoms with van der Waals surface area (Å²) in [4.78, 5) is 0. The van der Waals surface area contributed by atoms with Crippen molar-refractivity contribution in [1.82, 2.24) is 14.3 Å². The van der Waals surface area contributed by atoms with Crippen LogP contribution in [0.3, 0.4) is 0 Å². The van der Waals surface area contributed by atoms with E-state index in [1.54, 1.807) is 4.68 Å². The molecule has 0 atom stereocenters. The lowest BCUT2D eigenvalue weighted by Crippen LogP contribution is -2.04. The van der Waals surface area contributed by atoms with E-state index in [-0.39, 0.29) is 12.4 Å². The highest BCUT2D eigenvalue weighted by molar-refractivity contribution is 5.85. The third-order valence-electron chi connectivity index (χ3n) is 2.77. The molecule has 0 fully saturated rings. The first kappa shape index (κ1) is 14.6. The number of hydrogen-bond acceptors (Lipinski definition) is 2. The number of nitrogens with zero attached hydrogens (tertiary/aromatic N) is 3. The van der Waals surface area contributed by atoms with Crippen molar-refractivity contribution < 1.29 is 4.39 Å². The van der Waals surface area contributed by atoms with Crippen molar-refractivity contribution in [3.05, 3.63) is 35.9 Å². The predicted octanol–water partition coefficient (Wildman–Crippen LogP) is 2.53. The highest BCUT2D eigenvalue weighted by atomic mass is 35.5.